The molecule has 0 amide bonds. The predicted octanol–water partition coefficient (Wildman–Crippen LogP) is 32.4. The summed E-state index contributed by atoms with van der Waals surface area (Å²) in [6.07, 6.45) is 24.7. The summed E-state index contributed by atoms with van der Waals surface area (Å²) in [6, 6.07) is 116. The zero-order valence-corrected chi connectivity index (χ0v) is 83.9. The normalized spacial score (nSPS) is 16.9. The van der Waals surface area contributed by atoms with E-state index in [1.807, 2.05) is 245 Å². The molecule has 2 atom stereocenters. The molecule has 0 spiro atoms. The summed E-state index contributed by atoms with van der Waals surface area (Å²) >= 11 is 0. The summed E-state index contributed by atoms with van der Waals surface area (Å²) in [5, 5.41) is 42.9. The molecule has 0 radical (unpaired) electrons. The molecule has 0 fully saturated rings. The van der Waals surface area contributed by atoms with Crippen LogP contribution in [0.1, 0.15) is 142 Å². The first-order chi connectivity index (χ1) is 71.4. The van der Waals surface area contributed by atoms with Gasteiger partial charge in [0.25, 0.3) is 22.8 Å². The fourth-order valence-corrected chi connectivity index (χ4v) is 19.9. The lowest BCUT2D eigenvalue weighted by Crippen LogP contribution is -2.34. The number of fused-ring (bicyclic) bond motifs is 4. The molecular formula is C131H106N12O4. The first kappa shape index (κ1) is 99.4. The highest BCUT2D eigenvalue weighted by Crippen LogP contribution is 2.48. The van der Waals surface area contributed by atoms with E-state index in [4.69, 9.17) is 45.2 Å². The van der Waals surface area contributed by atoms with Crippen LogP contribution >= 0.6 is 0 Å². The molecule has 2 unspecified atom stereocenters. The number of ether oxygens (including phenoxy) is 4. The Balaban J connectivity index is 0.000000134. The SMILES string of the molecule is [C-]#[N+]/C(C#N)=C1C=C(/C=C/c2ccc3c(c2)c(C)c(C)n3-c2ccccc2)OC(C)(C)C\1.[C-]#[N+]/C(C#N)=C1C=C(/C=C/c2ccc3c(c2)c(C)c(C)n3-c2ccccc2)OC(C)(c2ccccc2)C\1.[C-]#[N+]/C(C#N)=C1C=C(/C=C/c2ccc3c(c2)c(C)c(C)n3-c2ccccc2)OC(c2ccccc2)(c2ccccc2)C\1.[C-]#[N+]/C(C#N)=C1C=C(/C=C/c2ccc3c(c2)c(C)c(C)n3-c2ccccc2)OC(c2ccccc2)C\1. The molecule has 16 aromatic rings. The summed E-state index contributed by atoms with van der Waals surface area (Å²) in [5.41, 5.74) is 28.5. The molecule has 0 saturated carbocycles. The van der Waals surface area contributed by atoms with Crippen molar-refractivity contribution in [1.82, 2.24) is 18.3 Å². The minimum atomic E-state index is -0.885. The smallest absolute Gasteiger partial charge is 0.265 e. The van der Waals surface area contributed by atoms with Crippen molar-refractivity contribution in [3.8, 4) is 47.0 Å². The maximum absolute atomic E-state index is 9.81. The fourth-order valence-electron chi connectivity index (χ4n) is 19.9. The zero-order chi connectivity index (χ0) is 103. The van der Waals surface area contributed by atoms with Crippen LogP contribution < -0.4 is 0 Å². The molecule has 4 aliphatic heterocycles. The second kappa shape index (κ2) is 43.9. The molecule has 4 aliphatic rings. The lowest BCUT2D eigenvalue weighted by Gasteiger charge is -2.39. The molecule has 16 heteroatoms. The van der Waals surface area contributed by atoms with Gasteiger partial charge < -0.3 is 37.2 Å². The van der Waals surface area contributed by atoms with Gasteiger partial charge in [0.2, 0.25) is 0 Å². The van der Waals surface area contributed by atoms with Crippen LogP contribution in [0.2, 0.25) is 0 Å². The molecule has 147 heavy (non-hydrogen) atoms. The highest BCUT2D eigenvalue weighted by molar-refractivity contribution is 5.93. The van der Waals surface area contributed by atoms with Crippen molar-refractivity contribution in [3.05, 3.63) is 567 Å². The summed E-state index contributed by atoms with van der Waals surface area (Å²) in [4.78, 5) is 13.8. The van der Waals surface area contributed by atoms with E-state index >= 15 is 0 Å². The number of para-hydroxylation sites is 4. The lowest BCUT2D eigenvalue weighted by molar-refractivity contribution is 0.0143. The van der Waals surface area contributed by atoms with Crippen molar-refractivity contribution in [3.63, 3.8) is 0 Å². The van der Waals surface area contributed by atoms with Gasteiger partial charge >= 0.3 is 0 Å². The van der Waals surface area contributed by atoms with Gasteiger partial charge in [-0.1, -0.05) is 243 Å². The second-order valence-electron chi connectivity index (χ2n) is 37.5. The monoisotopic (exact) mass is 1910 g/mol. The molecule has 4 aromatic heterocycles. The Morgan fingerprint density at radius 2 is 0.578 bits per heavy atom. The molecule has 8 heterocycles. The Hall–Kier alpha value is -19.2. The van der Waals surface area contributed by atoms with Crippen LogP contribution in [-0.4, -0.2) is 23.9 Å². The van der Waals surface area contributed by atoms with Gasteiger partial charge in [-0.05, 0) is 300 Å². The van der Waals surface area contributed by atoms with E-state index in [2.05, 4.69) is 275 Å². The van der Waals surface area contributed by atoms with Gasteiger partial charge in [-0.3, -0.25) is 0 Å². The number of benzene rings is 12. The quantitative estimate of drug-likeness (QED) is 0.0680. The van der Waals surface area contributed by atoms with E-state index in [0.717, 1.165) is 78.3 Å². The number of aryl methyl sites for hydroxylation is 4. The third-order valence-electron chi connectivity index (χ3n) is 27.7. The van der Waals surface area contributed by atoms with Crippen LogP contribution in [0.25, 0.3) is 110 Å². The average molecular weight is 1910 g/mol. The number of nitrogens with zero attached hydrogens (tertiary/aromatic N) is 12. The highest BCUT2D eigenvalue weighted by Gasteiger charge is 2.42. The van der Waals surface area contributed by atoms with Gasteiger partial charge in [-0.15, -0.1) is 0 Å². The molecule has 714 valence electrons. The van der Waals surface area contributed by atoms with Crippen molar-refractivity contribution < 1.29 is 18.9 Å². The number of nitriles is 4. The second-order valence-corrected chi connectivity index (χ2v) is 37.5. The Bertz CT molecular complexity index is 8480. The number of allylic oxidation sites excluding steroid dienone is 12. The van der Waals surface area contributed by atoms with Gasteiger partial charge in [0.05, 0.1) is 72.6 Å². The fraction of sp³-hybridized carbons (Fsp3) is 0.145. The average Bonchev–Trinajstić information content (AvgIpc) is 0.997. The number of hydrogen-bond acceptors (Lipinski definition) is 8. The van der Waals surface area contributed by atoms with E-state index in [1.165, 1.54) is 83.1 Å². The van der Waals surface area contributed by atoms with Crippen LogP contribution in [0.15, 0.2) is 432 Å². The minimum Gasteiger partial charge on any atom is -0.488 e. The summed E-state index contributed by atoms with van der Waals surface area (Å²) in [5.74, 6) is 2.51. The van der Waals surface area contributed by atoms with Crippen molar-refractivity contribution in [1.29, 1.82) is 21.0 Å². The topological polar surface area (TPSA) is 169 Å². The van der Waals surface area contributed by atoms with E-state index in [0.29, 0.717) is 65.4 Å². The van der Waals surface area contributed by atoms with E-state index in [-0.39, 0.29) is 28.9 Å². The highest BCUT2D eigenvalue weighted by atomic mass is 16.5. The van der Waals surface area contributed by atoms with Crippen LogP contribution in [0, 0.1) is 127 Å². The van der Waals surface area contributed by atoms with Crippen LogP contribution in [0.4, 0.5) is 0 Å². The van der Waals surface area contributed by atoms with Crippen LogP contribution in [0.5, 0.6) is 0 Å². The van der Waals surface area contributed by atoms with Gasteiger partial charge in [-0.2, -0.15) is 0 Å². The molecule has 12 aromatic carbocycles. The molecule has 20 rings (SSSR count). The Morgan fingerprint density at radius 1 is 0.306 bits per heavy atom. The van der Waals surface area contributed by atoms with Gasteiger partial charge in [0, 0.05) is 104 Å². The first-order valence-corrected chi connectivity index (χ1v) is 48.6. The predicted molar refractivity (Wildman–Crippen MR) is 590 cm³/mol. The third-order valence-corrected chi connectivity index (χ3v) is 27.7. The molecule has 16 nitrogen and oxygen atoms in total. The van der Waals surface area contributed by atoms with E-state index < -0.39 is 16.8 Å². The van der Waals surface area contributed by atoms with Crippen molar-refractivity contribution >= 4 is 67.9 Å². The Labute approximate surface area is 859 Å². The Kier molecular flexibility index (Phi) is 29.7. The van der Waals surface area contributed by atoms with Crippen molar-refractivity contribution in [2.75, 3.05) is 0 Å². The van der Waals surface area contributed by atoms with E-state index in [1.54, 1.807) is 6.08 Å². The minimum absolute atomic E-state index is 0.0789. The maximum atomic E-state index is 9.81. The summed E-state index contributed by atoms with van der Waals surface area (Å²) in [6.45, 7) is 53.0. The third kappa shape index (κ3) is 21.3. The molecule has 0 aliphatic carbocycles. The van der Waals surface area contributed by atoms with Gasteiger partial charge in [-0.25, -0.2) is 40.4 Å². The van der Waals surface area contributed by atoms with Crippen molar-refractivity contribution in [2.45, 2.75) is 125 Å². The largest absolute Gasteiger partial charge is 0.488 e. The number of hydrogen-bond donors (Lipinski definition) is 0. The zero-order valence-electron chi connectivity index (χ0n) is 83.9. The molecule has 0 N–H and O–H groups in total. The van der Waals surface area contributed by atoms with Crippen LogP contribution in [-0.2, 0) is 30.1 Å². The standard InChI is InChI=1S/C38H29N3O.C33H27N3O.C32H25N3O.C28H25N3O/c1-27-28(2)41(33-17-11-6-12-18-33)37-22-20-29(23-35(27)37)19-21-34-24-30(36(26-39)40-3)25-38(42-34,31-13-7-4-8-14-31)32-15-9-5-10-16-32;1-23-24(2)36(28-13-9-6-10-14-28)32-18-16-25(19-30(23)32)15-17-29-20-26(31(22-34)35-4)21-33(3,37-29)27-11-7-5-8-12-27;1-22-23(2)35(27-12-8-5-9-13-27)31-17-15-24(18-29(22)31)14-16-28-19-26(30(21-33)34-3)20-32(36-28)25-10-6-4-7-11-25;1-19-20(2)31(23-9-7-6-8-10-23)27-14-12-21(15-25(19)27)11-13-24-16-22(26(18-29)30-5)17-28(3,4)32-24/h4-24H,25H2,1-2H3;5-20H,21H2,1-3H3;4-19,32H,20H2,1-2H3;6-16H,17H2,1-4H3/b21-19+,36-30+;17-15+,31-26+;16-14+,30-26+;13-11+,26-22+. The first-order valence-electron chi connectivity index (χ1n) is 48.6. The molecule has 0 saturated heterocycles. The van der Waals surface area contributed by atoms with Gasteiger partial charge in [0.1, 0.15) is 40.3 Å². The van der Waals surface area contributed by atoms with E-state index in [9.17, 15) is 21.0 Å². The van der Waals surface area contributed by atoms with Crippen molar-refractivity contribution in [2.24, 2.45) is 0 Å². The lowest BCUT2D eigenvalue weighted by atomic mass is 9.79. The Morgan fingerprint density at radius 3 is 0.905 bits per heavy atom. The summed E-state index contributed by atoms with van der Waals surface area (Å²) in [7, 11) is 0. The van der Waals surface area contributed by atoms with Crippen LogP contribution in [0.3, 0.4) is 0 Å². The van der Waals surface area contributed by atoms with Gasteiger partial charge in [0.15, 0.2) is 5.60 Å². The summed E-state index contributed by atoms with van der Waals surface area (Å²) < 4.78 is 34.9. The number of aromatic nitrogens is 4. The molecule has 0 bridgehead atoms. The number of rotatable bonds is 16. The molecular weight excluding hydrogens is 1810 g/mol. The maximum Gasteiger partial charge on any atom is 0.265 e.